The molecule has 1 amide bonds. The molecule has 0 saturated heterocycles. The first-order valence-electron chi connectivity index (χ1n) is 2.74. The summed E-state index contributed by atoms with van der Waals surface area (Å²) in [7, 11) is 0.726. The van der Waals surface area contributed by atoms with Crippen LogP contribution in [0, 0.1) is 0 Å². The third-order valence-corrected chi connectivity index (χ3v) is 1.60. The van der Waals surface area contributed by atoms with Crippen LogP contribution in [0.1, 0.15) is 0 Å². The van der Waals surface area contributed by atoms with E-state index in [1.54, 1.807) is 4.72 Å². The Bertz CT molecular complexity index is 370. The molecule has 1 aromatic heterocycles. The smallest absolute Gasteiger partial charge is 0.257 e. The molecule has 0 unspecified atom stereocenters. The summed E-state index contributed by atoms with van der Waals surface area (Å²) in [5.74, 6) is 0. The SMILES string of the molecule is O=C(NS(=O)(=O)Cl)n1ccnc1. The van der Waals surface area contributed by atoms with E-state index < -0.39 is 15.3 Å². The van der Waals surface area contributed by atoms with Crippen LogP contribution in [-0.2, 0) is 9.24 Å². The van der Waals surface area contributed by atoms with Crippen LogP contribution < -0.4 is 4.72 Å². The summed E-state index contributed by atoms with van der Waals surface area (Å²) in [5, 5.41) is 0. The molecule has 12 heavy (non-hydrogen) atoms. The van der Waals surface area contributed by atoms with E-state index in [9.17, 15) is 13.2 Å². The van der Waals surface area contributed by atoms with Crippen LogP contribution in [0.3, 0.4) is 0 Å². The molecule has 6 nitrogen and oxygen atoms in total. The Balaban J connectivity index is 2.76. The van der Waals surface area contributed by atoms with E-state index in [1.807, 2.05) is 0 Å². The van der Waals surface area contributed by atoms with Gasteiger partial charge in [0, 0.05) is 23.1 Å². The molecule has 0 aliphatic rings. The highest BCUT2D eigenvalue weighted by Crippen LogP contribution is 1.92. The predicted octanol–water partition coefficient (Wildman–Crippen LogP) is -0.0756. The fourth-order valence-electron chi connectivity index (χ4n) is 0.536. The molecule has 0 bridgehead atoms. The number of nitrogens with zero attached hydrogens (tertiary/aromatic N) is 2. The topological polar surface area (TPSA) is 81.1 Å². The molecule has 0 atom stereocenters. The quantitative estimate of drug-likeness (QED) is 0.657. The summed E-state index contributed by atoms with van der Waals surface area (Å²) < 4.78 is 23.2. The summed E-state index contributed by atoms with van der Waals surface area (Å²) in [4.78, 5) is 14.4. The second-order valence-corrected chi connectivity index (χ2v) is 4.11. The van der Waals surface area contributed by atoms with Gasteiger partial charge in [-0.15, -0.1) is 0 Å². The van der Waals surface area contributed by atoms with Gasteiger partial charge in [-0.25, -0.2) is 14.5 Å². The van der Waals surface area contributed by atoms with Crippen LogP contribution in [0.15, 0.2) is 18.7 Å². The minimum atomic E-state index is -4.03. The Morgan fingerprint density at radius 2 is 2.25 bits per heavy atom. The van der Waals surface area contributed by atoms with Gasteiger partial charge in [0.1, 0.15) is 6.33 Å². The summed E-state index contributed by atoms with van der Waals surface area (Å²) in [6, 6.07) is -0.873. The number of carbonyl (C=O) groups is 1. The maximum Gasteiger partial charge on any atom is 0.341 e. The number of hydrogen-bond acceptors (Lipinski definition) is 4. The number of carbonyl (C=O) groups excluding carboxylic acids is 1. The normalized spacial score (nSPS) is 11.1. The summed E-state index contributed by atoms with van der Waals surface area (Å²) in [6.45, 7) is 0. The standard InChI is InChI=1S/C4H4ClN3O3S/c5-12(10,11)7-4(9)8-2-1-6-3-8/h1-3H,(H,7,9). The van der Waals surface area contributed by atoms with Gasteiger partial charge in [0.05, 0.1) is 0 Å². The lowest BCUT2D eigenvalue weighted by atomic mass is 10.9. The van der Waals surface area contributed by atoms with E-state index in [1.165, 1.54) is 12.4 Å². The average Bonchev–Trinajstić information content (AvgIpc) is 2.32. The van der Waals surface area contributed by atoms with Crippen LogP contribution in [0.4, 0.5) is 4.79 Å². The zero-order valence-corrected chi connectivity index (χ0v) is 7.21. The van der Waals surface area contributed by atoms with Crippen molar-refractivity contribution in [1.29, 1.82) is 0 Å². The second-order valence-electron chi connectivity index (χ2n) is 1.82. The second kappa shape index (κ2) is 3.11. The molecule has 0 fully saturated rings. The highest BCUT2D eigenvalue weighted by Gasteiger charge is 2.10. The Labute approximate surface area is 72.7 Å². The molecule has 0 radical (unpaired) electrons. The minimum absolute atomic E-state index is 0.873. The molecule has 1 aromatic rings. The number of imidazole rings is 1. The molecular weight excluding hydrogens is 206 g/mol. The Morgan fingerprint density at radius 3 is 2.67 bits per heavy atom. The van der Waals surface area contributed by atoms with Crippen LogP contribution >= 0.6 is 10.7 Å². The molecule has 8 heteroatoms. The lowest BCUT2D eigenvalue weighted by Gasteiger charge is -1.98. The lowest BCUT2D eigenvalue weighted by molar-refractivity contribution is 0.247. The van der Waals surface area contributed by atoms with Crippen molar-refractivity contribution < 1.29 is 13.2 Å². The van der Waals surface area contributed by atoms with Crippen LogP contribution in [-0.4, -0.2) is 24.0 Å². The highest BCUT2D eigenvalue weighted by molar-refractivity contribution is 8.12. The fraction of sp³-hybridized carbons (Fsp3) is 0. The van der Waals surface area contributed by atoms with Crippen molar-refractivity contribution in [3.63, 3.8) is 0 Å². The van der Waals surface area contributed by atoms with Gasteiger partial charge in [-0.1, -0.05) is 0 Å². The fourth-order valence-corrected chi connectivity index (χ4v) is 1.05. The van der Waals surface area contributed by atoms with Crippen molar-refractivity contribution in [3.05, 3.63) is 18.7 Å². The highest BCUT2D eigenvalue weighted by atomic mass is 35.7. The number of nitrogens with one attached hydrogen (secondary N) is 1. The Hall–Kier alpha value is -1.08. The largest absolute Gasteiger partial charge is 0.341 e. The molecule has 1 heterocycles. The van der Waals surface area contributed by atoms with Crippen molar-refractivity contribution in [2.24, 2.45) is 0 Å². The van der Waals surface area contributed by atoms with Gasteiger partial charge in [0.25, 0.3) is 0 Å². The maximum atomic E-state index is 10.9. The van der Waals surface area contributed by atoms with Gasteiger partial charge in [0.15, 0.2) is 0 Å². The van der Waals surface area contributed by atoms with Gasteiger partial charge in [-0.05, 0) is 0 Å². The van der Waals surface area contributed by atoms with E-state index in [4.69, 9.17) is 10.7 Å². The first-order valence-corrected chi connectivity index (χ1v) is 5.04. The van der Waals surface area contributed by atoms with E-state index >= 15 is 0 Å². The van der Waals surface area contributed by atoms with E-state index in [-0.39, 0.29) is 0 Å². The van der Waals surface area contributed by atoms with Gasteiger partial charge in [-0.3, -0.25) is 4.57 Å². The minimum Gasteiger partial charge on any atom is -0.257 e. The van der Waals surface area contributed by atoms with Crippen LogP contribution in [0.5, 0.6) is 0 Å². The number of rotatable bonds is 1. The monoisotopic (exact) mass is 209 g/mol. The number of amides is 1. The molecule has 1 N–H and O–H groups in total. The van der Waals surface area contributed by atoms with E-state index in [2.05, 4.69) is 4.98 Å². The molecule has 0 saturated carbocycles. The summed E-state index contributed by atoms with van der Waals surface area (Å²) >= 11 is 0. The first kappa shape index (κ1) is 9.01. The summed E-state index contributed by atoms with van der Waals surface area (Å²) in [5.41, 5.74) is 0. The first-order chi connectivity index (χ1) is 5.49. The van der Waals surface area contributed by atoms with Crippen LogP contribution in [0.25, 0.3) is 0 Å². The Kier molecular flexibility index (Phi) is 2.34. The number of hydrogen-bond donors (Lipinski definition) is 1. The van der Waals surface area contributed by atoms with Gasteiger partial charge in [0.2, 0.25) is 0 Å². The van der Waals surface area contributed by atoms with Gasteiger partial charge >= 0.3 is 15.3 Å². The maximum absolute atomic E-state index is 10.9. The van der Waals surface area contributed by atoms with Crippen molar-refractivity contribution in [3.8, 4) is 0 Å². The average molecular weight is 210 g/mol. The number of aromatic nitrogens is 2. The lowest BCUT2D eigenvalue weighted by Crippen LogP contribution is -2.30. The van der Waals surface area contributed by atoms with Crippen molar-refractivity contribution in [2.45, 2.75) is 0 Å². The van der Waals surface area contributed by atoms with E-state index in [0.29, 0.717) is 0 Å². The third kappa shape index (κ3) is 2.51. The third-order valence-electron chi connectivity index (χ3n) is 0.948. The zero-order valence-electron chi connectivity index (χ0n) is 5.64. The predicted molar refractivity (Wildman–Crippen MR) is 40.9 cm³/mol. The summed E-state index contributed by atoms with van der Waals surface area (Å²) in [6.07, 6.45) is 3.77. The van der Waals surface area contributed by atoms with Crippen LogP contribution in [0.2, 0.25) is 0 Å². The van der Waals surface area contributed by atoms with Gasteiger partial charge in [-0.2, -0.15) is 8.42 Å². The number of halogens is 1. The van der Waals surface area contributed by atoms with E-state index in [0.717, 1.165) is 10.9 Å². The zero-order chi connectivity index (χ0) is 9.19. The molecule has 0 aliphatic carbocycles. The molecular formula is C4H4ClN3O3S. The molecule has 0 spiro atoms. The molecule has 0 aromatic carbocycles. The van der Waals surface area contributed by atoms with Crippen molar-refractivity contribution in [1.82, 2.24) is 14.3 Å². The molecule has 1 rings (SSSR count). The van der Waals surface area contributed by atoms with Gasteiger partial charge < -0.3 is 0 Å². The molecule has 0 aliphatic heterocycles. The Morgan fingerprint density at radius 1 is 1.58 bits per heavy atom. The van der Waals surface area contributed by atoms with Crippen molar-refractivity contribution >= 4 is 26.0 Å². The van der Waals surface area contributed by atoms with Crippen molar-refractivity contribution in [2.75, 3.05) is 0 Å². The molecule has 66 valence electrons.